The quantitative estimate of drug-likeness (QED) is 0.405. The molecule has 0 aromatic rings. The molecule has 1 heterocycles. The zero-order chi connectivity index (χ0) is 16.3. The van der Waals surface area contributed by atoms with Gasteiger partial charge in [0.25, 0.3) is 0 Å². The molecule has 1 atom stereocenters. The van der Waals surface area contributed by atoms with Gasteiger partial charge in [-0.15, -0.1) is 24.0 Å². The molecule has 6 heteroatoms. The van der Waals surface area contributed by atoms with E-state index < -0.39 is 0 Å². The number of carbonyl (C=O) groups excluding carboxylic acids is 1. The van der Waals surface area contributed by atoms with E-state index >= 15 is 0 Å². The number of carbonyl (C=O) groups is 1. The summed E-state index contributed by atoms with van der Waals surface area (Å²) in [5.41, 5.74) is 0.354. The Morgan fingerprint density at radius 2 is 1.91 bits per heavy atom. The van der Waals surface area contributed by atoms with E-state index in [4.69, 9.17) is 0 Å². The molecule has 1 unspecified atom stereocenters. The van der Waals surface area contributed by atoms with Crippen LogP contribution in [0.15, 0.2) is 4.99 Å². The molecule has 1 aliphatic heterocycles. The van der Waals surface area contributed by atoms with E-state index in [1.165, 1.54) is 0 Å². The lowest BCUT2D eigenvalue weighted by atomic mass is 9.65. The summed E-state index contributed by atoms with van der Waals surface area (Å²) in [4.78, 5) is 18.4. The van der Waals surface area contributed by atoms with Gasteiger partial charge in [-0.2, -0.15) is 0 Å². The molecule has 1 saturated heterocycles. The normalized spacial score (nSPS) is 20.5. The smallest absolute Gasteiger partial charge is 0.221 e. The monoisotopic (exact) mass is 424 g/mol. The zero-order valence-electron chi connectivity index (χ0n) is 15.1. The highest BCUT2D eigenvalue weighted by Crippen LogP contribution is 2.46. The predicted octanol–water partition coefficient (Wildman–Crippen LogP) is 2.61. The number of amides is 1. The van der Waals surface area contributed by atoms with Crippen molar-refractivity contribution >= 4 is 35.8 Å². The van der Waals surface area contributed by atoms with Crippen LogP contribution in [0.5, 0.6) is 0 Å². The van der Waals surface area contributed by atoms with Crippen LogP contribution in [-0.2, 0) is 4.79 Å². The van der Waals surface area contributed by atoms with E-state index in [9.17, 15) is 4.79 Å². The summed E-state index contributed by atoms with van der Waals surface area (Å²) in [7, 11) is 1.79. The first-order valence-corrected chi connectivity index (χ1v) is 7.93. The molecule has 0 bridgehead atoms. The van der Waals surface area contributed by atoms with Crippen molar-refractivity contribution < 1.29 is 4.79 Å². The zero-order valence-corrected chi connectivity index (χ0v) is 17.4. The van der Waals surface area contributed by atoms with Crippen LogP contribution >= 0.6 is 24.0 Å². The summed E-state index contributed by atoms with van der Waals surface area (Å²) < 4.78 is 0. The second-order valence-electron chi connectivity index (χ2n) is 7.13. The minimum Gasteiger partial charge on any atom is -0.356 e. The van der Waals surface area contributed by atoms with Crippen molar-refractivity contribution in [1.82, 2.24) is 15.5 Å². The van der Waals surface area contributed by atoms with Crippen LogP contribution in [0.2, 0.25) is 0 Å². The fraction of sp³-hybridized carbons (Fsp3) is 0.875. The Bertz CT molecular complexity index is 407. The van der Waals surface area contributed by atoms with Crippen LogP contribution in [-0.4, -0.2) is 48.5 Å². The van der Waals surface area contributed by atoms with Gasteiger partial charge >= 0.3 is 0 Å². The number of hydrogen-bond acceptors (Lipinski definition) is 2. The van der Waals surface area contributed by atoms with Gasteiger partial charge in [0, 0.05) is 43.6 Å². The van der Waals surface area contributed by atoms with Crippen molar-refractivity contribution in [3.8, 4) is 0 Å². The molecular weight excluding hydrogens is 391 g/mol. The third-order valence-corrected chi connectivity index (χ3v) is 5.01. The molecule has 2 N–H and O–H groups in total. The molecular formula is C16H33IN4O. The molecule has 1 amide bonds. The maximum atomic E-state index is 11.8. The third kappa shape index (κ3) is 4.73. The van der Waals surface area contributed by atoms with Crippen LogP contribution in [0, 0.1) is 5.41 Å². The summed E-state index contributed by atoms with van der Waals surface area (Å²) in [5.74, 6) is 0.978. The average molecular weight is 424 g/mol. The van der Waals surface area contributed by atoms with Crippen LogP contribution in [0.3, 0.4) is 0 Å². The minimum absolute atomic E-state index is 0. The number of rotatable bonds is 5. The molecule has 0 aromatic carbocycles. The number of nitrogens with one attached hydrogen (secondary N) is 2. The van der Waals surface area contributed by atoms with Crippen molar-refractivity contribution in [3.63, 3.8) is 0 Å². The van der Waals surface area contributed by atoms with Gasteiger partial charge in [-0.05, 0) is 27.2 Å². The van der Waals surface area contributed by atoms with E-state index in [2.05, 4.69) is 55.1 Å². The van der Waals surface area contributed by atoms with Crippen LogP contribution in [0.1, 0.15) is 54.4 Å². The average Bonchev–Trinajstić information content (AvgIpc) is 2.41. The second kappa shape index (κ2) is 8.36. The summed E-state index contributed by atoms with van der Waals surface area (Å²) in [5, 5.41) is 6.28. The first-order valence-electron chi connectivity index (χ1n) is 7.93. The Kier molecular flexibility index (Phi) is 8.16. The van der Waals surface area contributed by atoms with Gasteiger partial charge in [0.2, 0.25) is 5.91 Å². The Morgan fingerprint density at radius 3 is 2.32 bits per heavy atom. The molecule has 0 spiro atoms. The molecule has 1 rings (SSSR count). The Balaban J connectivity index is 0.00000441. The minimum atomic E-state index is 0. The Hall–Kier alpha value is -0.530. The third-order valence-electron chi connectivity index (χ3n) is 5.01. The number of halogens is 1. The number of aliphatic imine (C=N–C) groups is 1. The first-order chi connectivity index (χ1) is 9.65. The van der Waals surface area contributed by atoms with Crippen molar-refractivity contribution in [2.45, 2.75) is 66.0 Å². The predicted molar refractivity (Wildman–Crippen MR) is 104 cm³/mol. The van der Waals surface area contributed by atoms with Crippen molar-refractivity contribution in [1.29, 1.82) is 0 Å². The maximum absolute atomic E-state index is 11.8. The fourth-order valence-electron chi connectivity index (χ4n) is 2.43. The highest BCUT2D eigenvalue weighted by atomic mass is 127. The second-order valence-corrected chi connectivity index (χ2v) is 7.13. The summed E-state index contributed by atoms with van der Waals surface area (Å²) in [6.07, 6.45) is 1.43. The van der Waals surface area contributed by atoms with Gasteiger partial charge in [0.15, 0.2) is 5.96 Å². The summed E-state index contributed by atoms with van der Waals surface area (Å²) in [6.45, 7) is 14.7. The number of likely N-dealkylation sites (tertiary alicyclic amines) is 1. The summed E-state index contributed by atoms with van der Waals surface area (Å²) in [6, 6.07) is 0.243. The molecule has 1 aliphatic rings. The molecule has 0 saturated carbocycles. The molecule has 1 fully saturated rings. The topological polar surface area (TPSA) is 56.7 Å². The van der Waals surface area contributed by atoms with Crippen molar-refractivity contribution in [2.24, 2.45) is 10.4 Å². The lowest BCUT2D eigenvalue weighted by Crippen LogP contribution is -2.72. The highest BCUT2D eigenvalue weighted by molar-refractivity contribution is 14.0. The molecule has 22 heavy (non-hydrogen) atoms. The lowest BCUT2D eigenvalue weighted by Gasteiger charge is -2.62. The maximum Gasteiger partial charge on any atom is 0.221 e. The van der Waals surface area contributed by atoms with Gasteiger partial charge in [0.1, 0.15) is 0 Å². The molecule has 5 nitrogen and oxygen atoms in total. The van der Waals surface area contributed by atoms with E-state index in [1.54, 1.807) is 7.05 Å². The van der Waals surface area contributed by atoms with Crippen LogP contribution in [0.25, 0.3) is 0 Å². The number of guanidine groups is 1. The largest absolute Gasteiger partial charge is 0.356 e. The molecule has 130 valence electrons. The molecule has 0 radical (unpaired) electrons. The fourth-order valence-corrected chi connectivity index (χ4v) is 2.43. The molecule has 0 aromatic heterocycles. The number of hydrogen-bond donors (Lipinski definition) is 2. The van der Waals surface area contributed by atoms with Crippen molar-refractivity contribution in [3.05, 3.63) is 0 Å². The van der Waals surface area contributed by atoms with E-state index in [1.807, 2.05) is 6.92 Å². The van der Waals surface area contributed by atoms with E-state index in [-0.39, 0.29) is 46.9 Å². The standard InChI is InChI=1S/C16H32N4O.HI/c1-8-12(2)19-13(21)9-10-18-14(17-7)20-11-15(3,4)16(20,5)6;/h12H,8-11H2,1-7H3,(H,17,18)(H,19,21);1H. The van der Waals surface area contributed by atoms with Gasteiger partial charge in [-0.25, -0.2) is 0 Å². The van der Waals surface area contributed by atoms with Gasteiger partial charge < -0.3 is 15.5 Å². The molecule has 0 aliphatic carbocycles. The van der Waals surface area contributed by atoms with E-state index in [0.29, 0.717) is 13.0 Å². The lowest BCUT2D eigenvalue weighted by molar-refractivity contribution is -0.121. The highest BCUT2D eigenvalue weighted by Gasteiger charge is 2.53. The van der Waals surface area contributed by atoms with E-state index in [0.717, 1.165) is 18.9 Å². The van der Waals surface area contributed by atoms with Gasteiger partial charge in [0.05, 0.1) is 0 Å². The van der Waals surface area contributed by atoms with Crippen LogP contribution < -0.4 is 10.6 Å². The SMILES string of the molecule is CCC(C)NC(=O)CCNC(=NC)N1CC(C)(C)C1(C)C.I. The first kappa shape index (κ1) is 21.5. The van der Waals surface area contributed by atoms with Gasteiger partial charge in [-0.3, -0.25) is 9.79 Å². The Morgan fingerprint density at radius 1 is 1.32 bits per heavy atom. The summed E-state index contributed by atoms with van der Waals surface area (Å²) >= 11 is 0. The van der Waals surface area contributed by atoms with Gasteiger partial charge in [-0.1, -0.05) is 20.8 Å². The number of nitrogens with zero attached hydrogens (tertiary/aromatic N) is 2. The van der Waals surface area contributed by atoms with Crippen molar-refractivity contribution in [2.75, 3.05) is 20.1 Å². The Labute approximate surface area is 152 Å². The van der Waals surface area contributed by atoms with Crippen LogP contribution in [0.4, 0.5) is 0 Å².